The number of rotatable bonds is 2. The van der Waals surface area contributed by atoms with E-state index in [9.17, 15) is 9.00 Å². The van der Waals surface area contributed by atoms with Gasteiger partial charge in [0, 0.05) is 24.7 Å². The van der Waals surface area contributed by atoms with Gasteiger partial charge in [-0.15, -0.1) is 0 Å². The van der Waals surface area contributed by atoms with Crippen molar-refractivity contribution in [1.29, 1.82) is 4.78 Å². The van der Waals surface area contributed by atoms with Gasteiger partial charge in [-0.25, -0.2) is 8.99 Å². The zero-order valence-electron chi connectivity index (χ0n) is 9.28. The first kappa shape index (κ1) is 13.2. The molecular formula is C10H13BrN2O2S. The van der Waals surface area contributed by atoms with E-state index in [1.807, 2.05) is 0 Å². The molecule has 0 saturated carbocycles. The fourth-order valence-electron chi connectivity index (χ4n) is 1.25. The van der Waals surface area contributed by atoms with Gasteiger partial charge in [0.2, 0.25) is 5.91 Å². The maximum atomic E-state index is 11.8. The number of nitrogens with zero attached hydrogens (tertiary/aromatic N) is 1. The van der Waals surface area contributed by atoms with Crippen LogP contribution in [0, 0.1) is 4.78 Å². The predicted molar refractivity (Wildman–Crippen MR) is 68.3 cm³/mol. The van der Waals surface area contributed by atoms with Gasteiger partial charge in [-0.05, 0) is 18.2 Å². The molecule has 0 fully saturated rings. The lowest BCUT2D eigenvalue weighted by Gasteiger charge is -2.19. The van der Waals surface area contributed by atoms with Gasteiger partial charge in [0.05, 0.1) is 20.3 Å². The molecule has 0 aliphatic carbocycles. The van der Waals surface area contributed by atoms with Crippen LogP contribution in [0.1, 0.15) is 6.92 Å². The molecule has 1 N–H and O–H groups in total. The summed E-state index contributed by atoms with van der Waals surface area (Å²) in [5, 5.41) is 0. The Bertz CT molecular complexity index is 526. The van der Waals surface area contributed by atoms with E-state index >= 15 is 0 Å². The van der Waals surface area contributed by atoms with Gasteiger partial charge >= 0.3 is 0 Å². The van der Waals surface area contributed by atoms with Crippen LogP contribution in [0.4, 0.5) is 5.69 Å². The molecule has 1 aromatic rings. The zero-order valence-corrected chi connectivity index (χ0v) is 11.7. The molecule has 6 heteroatoms. The zero-order chi connectivity index (χ0) is 12.5. The Morgan fingerprint density at radius 1 is 1.50 bits per heavy atom. The van der Waals surface area contributed by atoms with Crippen molar-refractivity contribution in [2.45, 2.75) is 11.8 Å². The number of anilines is 1. The molecule has 4 nitrogen and oxygen atoms in total. The van der Waals surface area contributed by atoms with Crippen molar-refractivity contribution < 1.29 is 9.00 Å². The van der Waals surface area contributed by atoms with Crippen molar-refractivity contribution >= 4 is 37.3 Å². The van der Waals surface area contributed by atoms with E-state index < -0.39 is 9.73 Å². The summed E-state index contributed by atoms with van der Waals surface area (Å²) in [6.07, 6.45) is 1.34. The van der Waals surface area contributed by atoms with Gasteiger partial charge in [-0.2, -0.15) is 0 Å². The van der Waals surface area contributed by atoms with Gasteiger partial charge in [-0.3, -0.25) is 4.79 Å². The normalized spacial score (nSPS) is 14.2. The molecule has 0 aliphatic heterocycles. The Labute approximate surface area is 104 Å². The molecule has 1 atom stereocenters. The van der Waals surface area contributed by atoms with Crippen LogP contribution < -0.4 is 4.90 Å². The Balaban J connectivity index is 3.47. The Hall–Kier alpha value is -0.880. The van der Waals surface area contributed by atoms with E-state index in [4.69, 9.17) is 4.78 Å². The third kappa shape index (κ3) is 2.82. The number of carbonyl (C=O) groups is 1. The molecule has 0 spiro atoms. The van der Waals surface area contributed by atoms with Crippen LogP contribution in [-0.4, -0.2) is 23.4 Å². The molecule has 0 saturated heterocycles. The number of nitrogens with one attached hydrogen (secondary N) is 1. The van der Waals surface area contributed by atoms with Gasteiger partial charge in [-0.1, -0.05) is 15.9 Å². The number of carbonyl (C=O) groups excluding carboxylic acids is 1. The van der Waals surface area contributed by atoms with Crippen LogP contribution in [0.5, 0.6) is 0 Å². The van der Waals surface area contributed by atoms with Crippen LogP contribution >= 0.6 is 15.9 Å². The fraction of sp³-hybridized carbons (Fsp3) is 0.300. The van der Waals surface area contributed by atoms with Crippen LogP contribution in [-0.2, 0) is 14.5 Å². The molecule has 0 aromatic heterocycles. The number of hydrogen-bond acceptors (Lipinski definition) is 3. The predicted octanol–water partition coefficient (Wildman–Crippen LogP) is 2.47. The highest BCUT2D eigenvalue weighted by molar-refractivity contribution is 9.10. The van der Waals surface area contributed by atoms with Crippen molar-refractivity contribution in [2.24, 2.45) is 0 Å². The molecule has 1 rings (SSSR count). The molecule has 0 radical (unpaired) electrons. The third-order valence-electron chi connectivity index (χ3n) is 2.17. The Morgan fingerprint density at radius 3 is 2.50 bits per heavy atom. The van der Waals surface area contributed by atoms with Crippen LogP contribution in [0.3, 0.4) is 0 Å². The summed E-state index contributed by atoms with van der Waals surface area (Å²) < 4.78 is 20.1. The molecular weight excluding hydrogens is 292 g/mol. The minimum Gasteiger partial charge on any atom is -0.314 e. The maximum Gasteiger partial charge on any atom is 0.223 e. The van der Waals surface area contributed by atoms with E-state index in [1.165, 1.54) is 18.1 Å². The average Bonchev–Trinajstić information content (AvgIpc) is 2.14. The standard InChI is InChI=1S/C10H13BrN2O2S/c1-7(14)13(2)9-6-8(11)4-5-10(9)16(3,12)15/h4-6,12H,1-3H3. The summed E-state index contributed by atoms with van der Waals surface area (Å²) in [6.45, 7) is 1.42. The number of benzene rings is 1. The highest BCUT2D eigenvalue weighted by atomic mass is 79.9. The summed E-state index contributed by atoms with van der Waals surface area (Å²) >= 11 is 3.29. The van der Waals surface area contributed by atoms with Gasteiger partial charge < -0.3 is 4.90 Å². The van der Waals surface area contributed by atoms with Gasteiger partial charge in [0.15, 0.2) is 0 Å². The molecule has 1 unspecified atom stereocenters. The van der Waals surface area contributed by atoms with Crippen LogP contribution in [0.25, 0.3) is 0 Å². The highest BCUT2D eigenvalue weighted by Crippen LogP contribution is 2.28. The second-order valence-corrected chi connectivity index (χ2v) is 6.58. The fourth-order valence-corrected chi connectivity index (χ4v) is 2.52. The molecule has 0 heterocycles. The van der Waals surface area contributed by atoms with E-state index in [2.05, 4.69) is 15.9 Å². The molecule has 1 aromatic carbocycles. The summed E-state index contributed by atoms with van der Waals surface area (Å²) in [5.41, 5.74) is 0.504. The van der Waals surface area contributed by atoms with E-state index in [-0.39, 0.29) is 5.91 Å². The Kier molecular flexibility index (Phi) is 3.75. The largest absolute Gasteiger partial charge is 0.314 e. The van der Waals surface area contributed by atoms with Gasteiger partial charge in [0.25, 0.3) is 0 Å². The highest BCUT2D eigenvalue weighted by Gasteiger charge is 2.16. The average molecular weight is 305 g/mol. The first-order valence-electron chi connectivity index (χ1n) is 4.51. The summed E-state index contributed by atoms with van der Waals surface area (Å²) in [7, 11) is -1.25. The number of amides is 1. The summed E-state index contributed by atoms with van der Waals surface area (Å²) in [5.74, 6) is -0.164. The first-order valence-corrected chi connectivity index (χ1v) is 7.27. The van der Waals surface area contributed by atoms with Crippen molar-refractivity contribution in [3.8, 4) is 0 Å². The third-order valence-corrected chi connectivity index (χ3v) is 3.85. The number of hydrogen-bond donors (Lipinski definition) is 1. The van der Waals surface area contributed by atoms with Gasteiger partial charge in [0.1, 0.15) is 0 Å². The Morgan fingerprint density at radius 2 is 2.06 bits per heavy atom. The van der Waals surface area contributed by atoms with Crippen molar-refractivity contribution in [3.05, 3.63) is 22.7 Å². The minimum absolute atomic E-state index is 0.164. The second kappa shape index (κ2) is 4.55. The summed E-state index contributed by atoms with van der Waals surface area (Å²) in [4.78, 5) is 13.0. The van der Waals surface area contributed by atoms with E-state index in [1.54, 1.807) is 25.2 Å². The second-order valence-electron chi connectivity index (χ2n) is 3.53. The van der Waals surface area contributed by atoms with Crippen molar-refractivity contribution in [3.63, 3.8) is 0 Å². The van der Waals surface area contributed by atoms with Crippen LogP contribution in [0.2, 0.25) is 0 Å². The molecule has 0 bridgehead atoms. The topological polar surface area (TPSA) is 61.2 Å². The monoisotopic (exact) mass is 304 g/mol. The maximum absolute atomic E-state index is 11.8. The lowest BCUT2D eigenvalue weighted by Crippen LogP contribution is -2.24. The minimum atomic E-state index is -2.84. The molecule has 0 aliphatic rings. The van der Waals surface area contributed by atoms with Crippen molar-refractivity contribution in [2.75, 3.05) is 18.2 Å². The quantitative estimate of drug-likeness (QED) is 0.912. The van der Waals surface area contributed by atoms with E-state index in [0.717, 1.165) is 4.47 Å². The molecule has 88 valence electrons. The molecule has 1 amide bonds. The first-order chi connectivity index (χ1) is 7.23. The lowest BCUT2D eigenvalue weighted by atomic mass is 10.3. The number of halogens is 1. The van der Waals surface area contributed by atoms with Crippen molar-refractivity contribution in [1.82, 2.24) is 0 Å². The van der Waals surface area contributed by atoms with Crippen LogP contribution in [0.15, 0.2) is 27.6 Å². The SMILES string of the molecule is CC(=O)N(C)c1cc(Br)ccc1S(C)(=N)=O. The lowest BCUT2D eigenvalue weighted by molar-refractivity contribution is -0.116. The van der Waals surface area contributed by atoms with E-state index in [0.29, 0.717) is 10.6 Å². The smallest absolute Gasteiger partial charge is 0.223 e. The molecule has 16 heavy (non-hydrogen) atoms. The summed E-state index contributed by atoms with van der Waals surface area (Å²) in [6, 6.07) is 5.01.